The molecule has 0 aliphatic rings. The van der Waals surface area contributed by atoms with Crippen molar-refractivity contribution in [2.45, 2.75) is 19.8 Å². The Morgan fingerprint density at radius 2 is 2.29 bits per heavy atom. The van der Waals surface area contributed by atoms with Crippen LogP contribution in [0.1, 0.15) is 19.8 Å². The van der Waals surface area contributed by atoms with E-state index >= 15 is 0 Å². The van der Waals surface area contributed by atoms with E-state index in [1.165, 1.54) is 12.1 Å². The van der Waals surface area contributed by atoms with Gasteiger partial charge >= 0.3 is 0 Å². The topological polar surface area (TPSA) is 38.3 Å². The van der Waals surface area contributed by atoms with Gasteiger partial charge in [0, 0.05) is 12.6 Å². The SMILES string of the molecule is CCCCNC(=O)COc1ccc(Cl)c(F)c1. The standard InChI is InChI=1S/C12H15ClFNO2/c1-2-3-6-15-12(16)8-17-9-4-5-10(13)11(14)7-9/h4-5,7H,2-3,6,8H2,1H3,(H,15,16). The number of ether oxygens (including phenoxy) is 1. The smallest absolute Gasteiger partial charge is 0.257 e. The second-order valence-corrected chi connectivity index (χ2v) is 3.98. The number of hydrogen-bond acceptors (Lipinski definition) is 2. The molecule has 1 aromatic rings. The summed E-state index contributed by atoms with van der Waals surface area (Å²) < 4.78 is 18.2. The van der Waals surface area contributed by atoms with Crippen LogP contribution in [-0.4, -0.2) is 19.1 Å². The van der Waals surface area contributed by atoms with Crippen molar-refractivity contribution in [1.29, 1.82) is 0 Å². The third kappa shape index (κ3) is 5.04. The number of unbranched alkanes of at least 4 members (excludes halogenated alkanes) is 1. The highest BCUT2D eigenvalue weighted by atomic mass is 35.5. The highest BCUT2D eigenvalue weighted by molar-refractivity contribution is 6.30. The molecule has 0 spiro atoms. The maximum atomic E-state index is 13.0. The summed E-state index contributed by atoms with van der Waals surface area (Å²) in [5.74, 6) is -0.484. The molecule has 0 aliphatic carbocycles. The van der Waals surface area contributed by atoms with Crippen molar-refractivity contribution >= 4 is 17.5 Å². The molecular formula is C12H15ClFNO2. The molecule has 0 heterocycles. The lowest BCUT2D eigenvalue weighted by atomic mass is 10.3. The van der Waals surface area contributed by atoms with Gasteiger partial charge < -0.3 is 10.1 Å². The Bertz CT molecular complexity index is 385. The Morgan fingerprint density at radius 3 is 2.94 bits per heavy atom. The van der Waals surface area contributed by atoms with Crippen LogP contribution in [0.2, 0.25) is 5.02 Å². The van der Waals surface area contributed by atoms with Gasteiger partial charge in [0.2, 0.25) is 0 Å². The molecule has 17 heavy (non-hydrogen) atoms. The van der Waals surface area contributed by atoms with Crippen molar-refractivity contribution in [2.75, 3.05) is 13.2 Å². The van der Waals surface area contributed by atoms with Gasteiger partial charge in [0.05, 0.1) is 5.02 Å². The van der Waals surface area contributed by atoms with Gasteiger partial charge in [-0.1, -0.05) is 24.9 Å². The predicted octanol–water partition coefficient (Wildman–Crippen LogP) is 2.77. The maximum absolute atomic E-state index is 13.0. The van der Waals surface area contributed by atoms with E-state index in [1.54, 1.807) is 0 Å². The van der Waals surface area contributed by atoms with Crippen LogP contribution in [0.25, 0.3) is 0 Å². The van der Waals surface area contributed by atoms with Crippen molar-refractivity contribution < 1.29 is 13.9 Å². The van der Waals surface area contributed by atoms with E-state index in [4.69, 9.17) is 16.3 Å². The molecule has 0 atom stereocenters. The third-order valence-corrected chi connectivity index (χ3v) is 2.42. The molecule has 1 amide bonds. The number of carbonyl (C=O) groups excluding carboxylic acids is 1. The van der Waals surface area contributed by atoms with Crippen LogP contribution in [0.4, 0.5) is 4.39 Å². The molecule has 0 saturated carbocycles. The van der Waals surface area contributed by atoms with Gasteiger partial charge in [0.25, 0.3) is 5.91 Å². The molecule has 0 radical (unpaired) electrons. The molecule has 0 saturated heterocycles. The molecule has 0 bridgehead atoms. The minimum atomic E-state index is -0.560. The van der Waals surface area contributed by atoms with Gasteiger partial charge in [-0.25, -0.2) is 4.39 Å². The van der Waals surface area contributed by atoms with Gasteiger partial charge in [0.1, 0.15) is 11.6 Å². The van der Waals surface area contributed by atoms with Gasteiger partial charge in [-0.15, -0.1) is 0 Å². The number of carbonyl (C=O) groups is 1. The molecule has 5 heteroatoms. The Hall–Kier alpha value is -1.29. The number of benzene rings is 1. The highest BCUT2D eigenvalue weighted by Crippen LogP contribution is 2.20. The number of nitrogens with one attached hydrogen (secondary N) is 1. The van der Waals surface area contributed by atoms with Crippen LogP contribution in [0.5, 0.6) is 5.75 Å². The highest BCUT2D eigenvalue weighted by Gasteiger charge is 2.04. The molecule has 0 aliphatic heterocycles. The minimum absolute atomic E-state index is 0.0322. The molecule has 0 unspecified atom stereocenters. The van der Waals surface area contributed by atoms with Crippen LogP contribution >= 0.6 is 11.6 Å². The van der Waals surface area contributed by atoms with Gasteiger partial charge in [-0.2, -0.15) is 0 Å². The molecule has 3 nitrogen and oxygen atoms in total. The molecule has 94 valence electrons. The first kappa shape index (κ1) is 13.8. The number of rotatable bonds is 6. The summed E-state index contributed by atoms with van der Waals surface area (Å²) in [4.78, 5) is 11.3. The summed E-state index contributed by atoms with van der Waals surface area (Å²) in [6.45, 7) is 2.55. The van der Waals surface area contributed by atoms with Crippen LogP contribution < -0.4 is 10.1 Å². The van der Waals surface area contributed by atoms with Gasteiger partial charge in [-0.05, 0) is 18.6 Å². The Labute approximate surface area is 105 Å². The third-order valence-electron chi connectivity index (χ3n) is 2.11. The average molecular weight is 260 g/mol. The Kier molecular flexibility index (Phi) is 5.77. The summed E-state index contributed by atoms with van der Waals surface area (Å²) in [6, 6.07) is 4.06. The summed E-state index contributed by atoms with van der Waals surface area (Å²) in [5, 5.41) is 2.73. The fraction of sp³-hybridized carbons (Fsp3) is 0.417. The van der Waals surface area contributed by atoms with Crippen molar-refractivity contribution in [3.05, 3.63) is 29.0 Å². The zero-order valence-corrected chi connectivity index (χ0v) is 10.4. The van der Waals surface area contributed by atoms with E-state index in [-0.39, 0.29) is 23.3 Å². The number of hydrogen-bond donors (Lipinski definition) is 1. The van der Waals surface area contributed by atoms with Crippen molar-refractivity contribution in [3.63, 3.8) is 0 Å². The summed E-state index contributed by atoms with van der Waals surface area (Å²) >= 11 is 5.52. The predicted molar refractivity (Wildman–Crippen MR) is 64.8 cm³/mol. The summed E-state index contributed by atoms with van der Waals surface area (Å²) in [6.07, 6.45) is 1.95. The molecular weight excluding hydrogens is 245 g/mol. The lowest BCUT2D eigenvalue weighted by molar-refractivity contribution is -0.123. The van der Waals surface area contributed by atoms with Gasteiger partial charge in [-0.3, -0.25) is 4.79 Å². The fourth-order valence-electron chi connectivity index (χ4n) is 1.17. The van der Waals surface area contributed by atoms with E-state index in [1.807, 2.05) is 6.92 Å². The van der Waals surface area contributed by atoms with Crippen LogP contribution in [0, 0.1) is 5.82 Å². The maximum Gasteiger partial charge on any atom is 0.257 e. The van der Waals surface area contributed by atoms with Crippen LogP contribution in [0.3, 0.4) is 0 Å². The van der Waals surface area contributed by atoms with Gasteiger partial charge in [0.15, 0.2) is 6.61 Å². The normalized spacial score (nSPS) is 10.1. The van der Waals surface area contributed by atoms with Crippen molar-refractivity contribution in [1.82, 2.24) is 5.32 Å². The van der Waals surface area contributed by atoms with Crippen LogP contribution in [-0.2, 0) is 4.79 Å². The van der Waals surface area contributed by atoms with E-state index in [0.29, 0.717) is 6.54 Å². The molecule has 0 fully saturated rings. The van der Waals surface area contributed by atoms with Crippen molar-refractivity contribution in [2.24, 2.45) is 0 Å². The first-order valence-corrected chi connectivity index (χ1v) is 5.86. The zero-order valence-electron chi connectivity index (χ0n) is 9.63. The van der Waals surface area contributed by atoms with E-state index in [2.05, 4.69) is 5.32 Å². The van der Waals surface area contributed by atoms with E-state index in [9.17, 15) is 9.18 Å². The quantitative estimate of drug-likeness (QED) is 0.798. The van der Waals surface area contributed by atoms with E-state index in [0.717, 1.165) is 18.9 Å². The zero-order chi connectivity index (χ0) is 12.7. The van der Waals surface area contributed by atoms with E-state index < -0.39 is 5.82 Å². The number of halogens is 2. The summed E-state index contributed by atoms with van der Waals surface area (Å²) in [5.41, 5.74) is 0. The second kappa shape index (κ2) is 7.12. The van der Waals surface area contributed by atoms with Crippen LogP contribution in [0.15, 0.2) is 18.2 Å². The number of amides is 1. The largest absolute Gasteiger partial charge is 0.484 e. The fourth-order valence-corrected chi connectivity index (χ4v) is 1.29. The average Bonchev–Trinajstić information content (AvgIpc) is 2.31. The molecule has 1 aromatic carbocycles. The monoisotopic (exact) mass is 259 g/mol. The first-order valence-electron chi connectivity index (χ1n) is 5.48. The lowest BCUT2D eigenvalue weighted by Crippen LogP contribution is -2.29. The molecule has 1 rings (SSSR count). The Balaban J connectivity index is 2.34. The second-order valence-electron chi connectivity index (χ2n) is 3.57. The minimum Gasteiger partial charge on any atom is -0.484 e. The summed E-state index contributed by atoms with van der Waals surface area (Å²) in [7, 11) is 0. The first-order chi connectivity index (χ1) is 8.13. The lowest BCUT2D eigenvalue weighted by Gasteiger charge is -2.07. The molecule has 0 aromatic heterocycles. The van der Waals surface area contributed by atoms with Crippen molar-refractivity contribution in [3.8, 4) is 5.75 Å². The Morgan fingerprint density at radius 1 is 1.53 bits per heavy atom. The molecule has 1 N–H and O–H groups in total.